The summed E-state index contributed by atoms with van der Waals surface area (Å²) >= 11 is 0. The lowest BCUT2D eigenvalue weighted by Gasteiger charge is -2.15. The van der Waals surface area contributed by atoms with Crippen molar-refractivity contribution in [3.63, 3.8) is 0 Å². The normalized spacial score (nSPS) is 28.4. The molecular weight excluding hydrogens is 172 g/mol. The Morgan fingerprint density at radius 1 is 1.21 bits per heavy atom. The highest BCUT2D eigenvalue weighted by atomic mass is 14.9. The average molecular weight is 190 g/mol. The highest BCUT2D eigenvalue weighted by Crippen LogP contribution is 2.24. The van der Waals surface area contributed by atoms with Gasteiger partial charge in [-0.05, 0) is 49.4 Å². The molecule has 1 aromatic heterocycles. The zero-order chi connectivity index (χ0) is 9.80. The van der Waals surface area contributed by atoms with Crippen molar-refractivity contribution >= 4 is 0 Å². The van der Waals surface area contributed by atoms with E-state index in [1.807, 2.05) is 12.4 Å². The Bertz CT molecular complexity index is 271. The van der Waals surface area contributed by atoms with Crippen LogP contribution in [0.4, 0.5) is 0 Å². The van der Waals surface area contributed by atoms with Gasteiger partial charge in [0.05, 0.1) is 0 Å². The van der Waals surface area contributed by atoms with Gasteiger partial charge in [0.25, 0.3) is 0 Å². The molecule has 1 aromatic rings. The van der Waals surface area contributed by atoms with Crippen LogP contribution in [0.3, 0.4) is 0 Å². The minimum atomic E-state index is 0.544. The van der Waals surface area contributed by atoms with Gasteiger partial charge in [0.1, 0.15) is 0 Å². The number of rotatable bonds is 1. The van der Waals surface area contributed by atoms with Crippen molar-refractivity contribution in [2.45, 2.75) is 32.2 Å². The first-order valence-corrected chi connectivity index (χ1v) is 5.49. The second-order valence-electron chi connectivity index (χ2n) is 4.26. The second kappa shape index (κ2) is 4.56. The fourth-order valence-corrected chi connectivity index (χ4v) is 2.08. The summed E-state index contributed by atoms with van der Waals surface area (Å²) in [6.07, 6.45) is 7.66. The summed E-state index contributed by atoms with van der Waals surface area (Å²) < 4.78 is 0. The van der Waals surface area contributed by atoms with Gasteiger partial charge in [-0.2, -0.15) is 0 Å². The third-order valence-corrected chi connectivity index (χ3v) is 3.08. The van der Waals surface area contributed by atoms with E-state index >= 15 is 0 Å². The first kappa shape index (κ1) is 9.66. The Balaban J connectivity index is 2.04. The maximum Gasteiger partial charge on any atom is 0.0321 e. The van der Waals surface area contributed by atoms with Crippen molar-refractivity contribution in [3.8, 4) is 0 Å². The van der Waals surface area contributed by atoms with E-state index in [-0.39, 0.29) is 0 Å². The van der Waals surface area contributed by atoms with E-state index < -0.39 is 0 Å². The van der Waals surface area contributed by atoms with E-state index in [4.69, 9.17) is 0 Å². The number of nitrogens with one attached hydrogen (secondary N) is 1. The molecule has 0 radical (unpaired) electrons. The fraction of sp³-hybridized carbons (Fsp3) is 0.583. The van der Waals surface area contributed by atoms with Gasteiger partial charge >= 0.3 is 0 Å². The van der Waals surface area contributed by atoms with E-state index in [1.54, 1.807) is 0 Å². The maximum atomic E-state index is 4.05. The Morgan fingerprint density at radius 2 is 2.00 bits per heavy atom. The van der Waals surface area contributed by atoms with E-state index in [0.29, 0.717) is 6.04 Å². The lowest BCUT2D eigenvalue weighted by atomic mass is 9.98. The molecule has 1 N–H and O–H groups in total. The van der Waals surface area contributed by atoms with Crippen LogP contribution < -0.4 is 5.32 Å². The van der Waals surface area contributed by atoms with Crippen LogP contribution in [0.2, 0.25) is 0 Å². The minimum absolute atomic E-state index is 0.544. The van der Waals surface area contributed by atoms with E-state index in [0.717, 1.165) is 12.5 Å². The molecule has 1 aliphatic heterocycles. The first-order valence-electron chi connectivity index (χ1n) is 5.49. The molecule has 2 atom stereocenters. The number of nitrogens with zero attached hydrogens (tertiary/aromatic N) is 1. The Labute approximate surface area is 85.7 Å². The predicted molar refractivity (Wildman–Crippen MR) is 58.0 cm³/mol. The SMILES string of the molecule is C[C@H]1CCN[C@H](c2ccncc2)CC1. The van der Waals surface area contributed by atoms with Gasteiger partial charge in [0.15, 0.2) is 0 Å². The first-order chi connectivity index (χ1) is 6.86. The Kier molecular flexibility index (Phi) is 3.14. The lowest BCUT2D eigenvalue weighted by molar-refractivity contribution is 0.502. The fourth-order valence-electron chi connectivity index (χ4n) is 2.08. The van der Waals surface area contributed by atoms with E-state index in [9.17, 15) is 0 Å². The lowest BCUT2D eigenvalue weighted by Crippen LogP contribution is -2.20. The molecule has 0 aromatic carbocycles. The van der Waals surface area contributed by atoms with Crippen molar-refractivity contribution in [2.24, 2.45) is 5.92 Å². The summed E-state index contributed by atoms with van der Waals surface area (Å²) in [4.78, 5) is 4.05. The molecule has 0 amide bonds. The molecular formula is C12H18N2. The number of pyridine rings is 1. The molecule has 0 bridgehead atoms. The monoisotopic (exact) mass is 190 g/mol. The number of hydrogen-bond acceptors (Lipinski definition) is 2. The van der Waals surface area contributed by atoms with Gasteiger partial charge in [0.2, 0.25) is 0 Å². The average Bonchev–Trinajstić information content (AvgIpc) is 2.44. The Morgan fingerprint density at radius 3 is 2.79 bits per heavy atom. The van der Waals surface area contributed by atoms with Gasteiger partial charge in [-0.3, -0.25) is 4.98 Å². The molecule has 2 rings (SSSR count). The molecule has 1 fully saturated rings. The molecule has 0 unspecified atom stereocenters. The van der Waals surface area contributed by atoms with Gasteiger partial charge in [-0.25, -0.2) is 0 Å². The number of hydrogen-bond donors (Lipinski definition) is 1. The molecule has 1 saturated heterocycles. The van der Waals surface area contributed by atoms with Gasteiger partial charge in [-0.15, -0.1) is 0 Å². The molecule has 2 heteroatoms. The largest absolute Gasteiger partial charge is 0.310 e. The van der Waals surface area contributed by atoms with Crippen LogP contribution >= 0.6 is 0 Å². The van der Waals surface area contributed by atoms with Crippen molar-refractivity contribution < 1.29 is 0 Å². The molecule has 2 heterocycles. The van der Waals surface area contributed by atoms with Gasteiger partial charge < -0.3 is 5.32 Å². The zero-order valence-corrected chi connectivity index (χ0v) is 8.74. The molecule has 14 heavy (non-hydrogen) atoms. The van der Waals surface area contributed by atoms with Gasteiger partial charge in [-0.1, -0.05) is 6.92 Å². The maximum absolute atomic E-state index is 4.05. The van der Waals surface area contributed by atoms with Crippen LogP contribution in [0.5, 0.6) is 0 Å². The van der Waals surface area contributed by atoms with Gasteiger partial charge in [0, 0.05) is 18.4 Å². The summed E-state index contributed by atoms with van der Waals surface area (Å²) in [5.41, 5.74) is 1.38. The summed E-state index contributed by atoms with van der Waals surface area (Å²) in [7, 11) is 0. The summed E-state index contributed by atoms with van der Waals surface area (Å²) in [5, 5.41) is 3.60. The third-order valence-electron chi connectivity index (χ3n) is 3.08. The molecule has 0 spiro atoms. The van der Waals surface area contributed by atoms with Crippen molar-refractivity contribution in [2.75, 3.05) is 6.54 Å². The standard InChI is InChI=1S/C12H18N2/c1-10-2-3-12(14-9-4-10)11-5-7-13-8-6-11/h5-8,10,12,14H,2-4,9H2,1H3/t10-,12+/m1/s1. The summed E-state index contributed by atoms with van der Waals surface area (Å²) in [6.45, 7) is 3.49. The predicted octanol–water partition coefficient (Wildman–Crippen LogP) is 2.53. The molecule has 2 nitrogen and oxygen atoms in total. The summed E-state index contributed by atoms with van der Waals surface area (Å²) in [6, 6.07) is 4.78. The molecule has 0 aliphatic carbocycles. The minimum Gasteiger partial charge on any atom is -0.310 e. The molecule has 0 saturated carbocycles. The van der Waals surface area contributed by atoms with Crippen LogP contribution in [-0.4, -0.2) is 11.5 Å². The van der Waals surface area contributed by atoms with Crippen LogP contribution in [0.25, 0.3) is 0 Å². The topological polar surface area (TPSA) is 24.9 Å². The second-order valence-corrected chi connectivity index (χ2v) is 4.26. The van der Waals surface area contributed by atoms with E-state index in [2.05, 4.69) is 29.4 Å². The smallest absolute Gasteiger partial charge is 0.0321 e. The van der Waals surface area contributed by atoms with Crippen molar-refractivity contribution in [1.82, 2.24) is 10.3 Å². The quantitative estimate of drug-likeness (QED) is 0.736. The number of aromatic nitrogens is 1. The van der Waals surface area contributed by atoms with E-state index in [1.165, 1.54) is 24.8 Å². The van der Waals surface area contributed by atoms with Crippen molar-refractivity contribution in [3.05, 3.63) is 30.1 Å². The summed E-state index contributed by atoms with van der Waals surface area (Å²) in [5.74, 6) is 0.870. The van der Waals surface area contributed by atoms with Crippen LogP contribution in [-0.2, 0) is 0 Å². The van der Waals surface area contributed by atoms with Crippen molar-refractivity contribution in [1.29, 1.82) is 0 Å². The third kappa shape index (κ3) is 2.32. The highest BCUT2D eigenvalue weighted by molar-refractivity contribution is 5.15. The molecule has 1 aliphatic rings. The zero-order valence-electron chi connectivity index (χ0n) is 8.74. The van der Waals surface area contributed by atoms with Crippen LogP contribution in [0, 0.1) is 5.92 Å². The molecule has 76 valence electrons. The van der Waals surface area contributed by atoms with Crippen LogP contribution in [0.15, 0.2) is 24.5 Å². The highest BCUT2D eigenvalue weighted by Gasteiger charge is 2.16. The van der Waals surface area contributed by atoms with Crippen LogP contribution in [0.1, 0.15) is 37.8 Å². The Hall–Kier alpha value is -0.890.